The van der Waals surface area contributed by atoms with Crippen LogP contribution in [0, 0.1) is 0 Å². The Balaban J connectivity index is 2.04. The molecule has 150 valence electrons. The van der Waals surface area contributed by atoms with E-state index in [1.165, 1.54) is 32.2 Å². The Hall–Kier alpha value is -2.79. The first-order valence-corrected chi connectivity index (χ1v) is 9.84. The number of pyridine rings is 1. The van der Waals surface area contributed by atoms with Gasteiger partial charge in [-0.05, 0) is 32.1 Å². The van der Waals surface area contributed by atoms with Crippen molar-refractivity contribution >= 4 is 33.8 Å². The molecule has 3 heterocycles. The van der Waals surface area contributed by atoms with Crippen LogP contribution in [0.5, 0.6) is 0 Å². The van der Waals surface area contributed by atoms with Crippen LogP contribution < -0.4 is 0 Å². The molecular formula is C17H18N2O8S. The van der Waals surface area contributed by atoms with Crippen LogP contribution in [0.2, 0.25) is 0 Å². The number of hydrogen-bond donors (Lipinski definition) is 2. The lowest BCUT2D eigenvalue weighted by Crippen LogP contribution is -2.58. The van der Waals surface area contributed by atoms with Crippen molar-refractivity contribution in [1.82, 2.24) is 9.88 Å². The normalized spacial score (nSPS) is 25.9. The van der Waals surface area contributed by atoms with Gasteiger partial charge < -0.3 is 19.8 Å². The van der Waals surface area contributed by atoms with E-state index in [2.05, 4.69) is 4.98 Å². The Morgan fingerprint density at radius 2 is 2.07 bits per heavy atom. The van der Waals surface area contributed by atoms with Crippen molar-refractivity contribution in [2.45, 2.75) is 30.0 Å². The number of β-lactam (4-membered cyclic amide) rings is 1. The number of carboxylic acid groups (broad SMARTS) is 1. The molecule has 2 fully saturated rings. The summed E-state index contributed by atoms with van der Waals surface area (Å²) in [7, 11) is -4.03. The van der Waals surface area contributed by atoms with E-state index in [9.17, 15) is 27.9 Å². The third-order valence-corrected chi connectivity index (χ3v) is 7.63. The molecule has 0 spiro atoms. The maximum atomic E-state index is 12.9. The second kappa shape index (κ2) is 6.67. The van der Waals surface area contributed by atoms with Gasteiger partial charge in [-0.15, -0.1) is 0 Å². The molecule has 0 saturated carbocycles. The maximum absolute atomic E-state index is 12.9. The molecule has 28 heavy (non-hydrogen) atoms. The van der Waals surface area contributed by atoms with Crippen LogP contribution in [0.15, 0.2) is 23.9 Å². The lowest BCUT2D eigenvalue weighted by Gasteiger charge is -2.37. The fraction of sp³-hybridized carbons (Fsp3) is 0.412. The molecule has 1 aromatic rings. The van der Waals surface area contributed by atoms with Crippen LogP contribution in [0.4, 0.5) is 0 Å². The molecule has 2 atom stereocenters. The minimum absolute atomic E-state index is 0.0141. The monoisotopic (exact) mass is 410 g/mol. The van der Waals surface area contributed by atoms with E-state index >= 15 is 0 Å². The Labute approximate surface area is 160 Å². The summed E-state index contributed by atoms with van der Waals surface area (Å²) in [4.78, 5) is 41.0. The highest BCUT2D eigenvalue weighted by molar-refractivity contribution is 7.94. The lowest BCUT2D eigenvalue weighted by molar-refractivity contribution is -0.152. The maximum Gasteiger partial charge on any atom is 0.340 e. The standard InChI is InChI=1S/C17H18N2O8S/c1-17(2)12(15(22)23)19-13(21)10(14(19)28(17,25)26)8-11-9(4-3-5-18-11)16(24)27-7-6-20/h3-5,8,12,14,20H,6-7H2,1-2H3,(H,22,23)/b10-8-/t12-,14+/m0/s1. The molecule has 2 saturated heterocycles. The summed E-state index contributed by atoms with van der Waals surface area (Å²) in [5.74, 6) is -2.95. The molecule has 0 bridgehead atoms. The molecule has 10 nitrogen and oxygen atoms in total. The van der Waals surface area contributed by atoms with E-state index in [1.807, 2.05) is 0 Å². The number of amides is 1. The summed E-state index contributed by atoms with van der Waals surface area (Å²) in [6.07, 6.45) is 2.51. The minimum atomic E-state index is -4.03. The molecule has 0 unspecified atom stereocenters. The van der Waals surface area contributed by atoms with Crippen molar-refractivity contribution in [3.8, 4) is 0 Å². The molecule has 1 amide bonds. The van der Waals surface area contributed by atoms with Crippen LogP contribution in [0.1, 0.15) is 29.9 Å². The zero-order chi connectivity index (χ0) is 20.9. The Bertz CT molecular complexity index is 998. The van der Waals surface area contributed by atoms with Crippen LogP contribution >= 0.6 is 0 Å². The number of sulfone groups is 1. The van der Waals surface area contributed by atoms with Crippen LogP contribution in [0.3, 0.4) is 0 Å². The van der Waals surface area contributed by atoms with E-state index in [1.54, 1.807) is 0 Å². The minimum Gasteiger partial charge on any atom is -0.480 e. The summed E-state index contributed by atoms with van der Waals surface area (Å²) in [5.41, 5.74) is -0.161. The number of aliphatic hydroxyl groups is 1. The van der Waals surface area contributed by atoms with Gasteiger partial charge in [0, 0.05) is 6.20 Å². The summed E-state index contributed by atoms with van der Waals surface area (Å²) in [6.45, 7) is 1.93. The van der Waals surface area contributed by atoms with E-state index in [0.717, 1.165) is 11.0 Å². The number of nitrogens with zero attached hydrogens (tertiary/aromatic N) is 2. The molecular weight excluding hydrogens is 392 g/mol. The van der Waals surface area contributed by atoms with E-state index in [-0.39, 0.29) is 30.0 Å². The van der Waals surface area contributed by atoms with E-state index in [4.69, 9.17) is 9.84 Å². The van der Waals surface area contributed by atoms with Crippen LogP contribution in [-0.4, -0.2) is 75.7 Å². The van der Waals surface area contributed by atoms with Gasteiger partial charge in [-0.25, -0.2) is 18.0 Å². The number of carbonyl (C=O) groups is 3. The molecule has 11 heteroatoms. The number of aromatic nitrogens is 1. The number of aliphatic hydroxyl groups excluding tert-OH is 1. The quantitative estimate of drug-likeness (QED) is 0.370. The number of hydrogen-bond acceptors (Lipinski definition) is 8. The largest absolute Gasteiger partial charge is 0.480 e. The van der Waals surface area contributed by atoms with Crippen molar-refractivity contribution in [1.29, 1.82) is 0 Å². The van der Waals surface area contributed by atoms with E-state index in [0.29, 0.717) is 0 Å². The number of esters is 1. The average molecular weight is 410 g/mol. The predicted molar refractivity (Wildman–Crippen MR) is 94.6 cm³/mol. The summed E-state index contributed by atoms with van der Waals surface area (Å²) < 4.78 is 28.9. The predicted octanol–water partition coefficient (Wildman–Crippen LogP) is -0.557. The van der Waals surface area contributed by atoms with Crippen LogP contribution in [-0.2, 0) is 24.2 Å². The van der Waals surface area contributed by atoms with Gasteiger partial charge in [-0.3, -0.25) is 9.78 Å². The lowest BCUT2D eigenvalue weighted by atomic mass is 9.95. The van der Waals surface area contributed by atoms with Gasteiger partial charge in [-0.2, -0.15) is 0 Å². The van der Waals surface area contributed by atoms with Crippen molar-refractivity contribution in [3.63, 3.8) is 0 Å². The van der Waals surface area contributed by atoms with Gasteiger partial charge in [0.15, 0.2) is 21.3 Å². The second-order valence-electron chi connectivity index (χ2n) is 6.85. The highest BCUT2D eigenvalue weighted by atomic mass is 32.2. The first-order chi connectivity index (χ1) is 13.1. The molecule has 0 aliphatic carbocycles. The Kier molecular flexibility index (Phi) is 4.76. The zero-order valence-electron chi connectivity index (χ0n) is 15.0. The number of carbonyl (C=O) groups excluding carboxylic acids is 2. The fourth-order valence-electron chi connectivity index (χ4n) is 3.41. The summed E-state index contributed by atoms with van der Waals surface area (Å²) >= 11 is 0. The smallest absolute Gasteiger partial charge is 0.340 e. The Morgan fingerprint density at radius 1 is 1.39 bits per heavy atom. The van der Waals surface area contributed by atoms with Crippen molar-refractivity contribution in [2.75, 3.05) is 13.2 Å². The van der Waals surface area contributed by atoms with Gasteiger partial charge in [0.1, 0.15) is 11.4 Å². The van der Waals surface area contributed by atoms with E-state index < -0.39 is 43.8 Å². The van der Waals surface area contributed by atoms with Crippen molar-refractivity contribution < 1.29 is 37.8 Å². The average Bonchev–Trinajstić information content (AvgIpc) is 2.78. The van der Waals surface area contributed by atoms with Crippen molar-refractivity contribution in [2.24, 2.45) is 0 Å². The molecule has 2 aliphatic rings. The topological polar surface area (TPSA) is 151 Å². The van der Waals surface area contributed by atoms with Crippen LogP contribution in [0.25, 0.3) is 6.08 Å². The van der Waals surface area contributed by atoms with Crippen molar-refractivity contribution in [3.05, 3.63) is 35.2 Å². The number of carboxylic acids is 1. The molecule has 2 aliphatic heterocycles. The third kappa shape index (κ3) is 2.69. The molecule has 1 aromatic heterocycles. The zero-order valence-corrected chi connectivity index (χ0v) is 15.8. The number of rotatable bonds is 5. The fourth-order valence-corrected chi connectivity index (χ4v) is 5.53. The van der Waals surface area contributed by atoms with Gasteiger partial charge in [0.25, 0.3) is 5.91 Å². The number of aliphatic carboxylic acids is 1. The summed E-state index contributed by atoms with van der Waals surface area (Å²) in [5, 5.41) is 16.8. The molecule has 0 radical (unpaired) electrons. The SMILES string of the molecule is CC1(C)[C@H](C(=O)O)N2C(=O)/C(=C/c3ncccc3C(=O)OCCO)[C@H]2S1(=O)=O. The second-order valence-corrected chi connectivity index (χ2v) is 9.44. The molecule has 2 N–H and O–H groups in total. The summed E-state index contributed by atoms with van der Waals surface area (Å²) in [6, 6.07) is 1.33. The highest BCUT2D eigenvalue weighted by Crippen LogP contribution is 2.48. The van der Waals surface area contributed by atoms with Gasteiger partial charge in [0.05, 0.1) is 23.4 Å². The van der Waals surface area contributed by atoms with Gasteiger partial charge >= 0.3 is 11.9 Å². The number of ether oxygens (including phenoxy) is 1. The first kappa shape index (κ1) is 20.0. The molecule has 0 aromatic carbocycles. The first-order valence-electron chi connectivity index (χ1n) is 8.29. The molecule has 3 rings (SSSR count). The Morgan fingerprint density at radius 3 is 2.68 bits per heavy atom. The third-order valence-electron chi connectivity index (χ3n) is 4.87. The highest BCUT2D eigenvalue weighted by Gasteiger charge is 2.70. The van der Waals surface area contributed by atoms with Gasteiger partial charge in [0.2, 0.25) is 0 Å². The number of fused-ring (bicyclic) bond motifs is 1. The van der Waals surface area contributed by atoms with Gasteiger partial charge in [-0.1, -0.05) is 0 Å².